The van der Waals surface area contributed by atoms with Gasteiger partial charge in [0.1, 0.15) is 0 Å². The molecule has 0 aliphatic carbocycles. The monoisotopic (exact) mass is 331 g/mol. The second kappa shape index (κ2) is 8.90. The van der Waals surface area contributed by atoms with Crippen LogP contribution in [0, 0.1) is 0 Å². The normalized spacial score (nSPS) is 10.4. The fraction of sp³-hybridized carbons (Fsp3) is 0.462. The van der Waals surface area contributed by atoms with Crippen LogP contribution in [0.5, 0.6) is 0 Å². The van der Waals surface area contributed by atoms with Crippen molar-refractivity contribution in [1.82, 2.24) is 0 Å². The maximum atomic E-state index is 11.7. The van der Waals surface area contributed by atoms with Crippen LogP contribution in [0.4, 0.5) is 5.69 Å². The van der Waals surface area contributed by atoms with E-state index >= 15 is 0 Å². The minimum Gasteiger partial charge on any atom is -0.462 e. The number of carbonyl (C=O) groups is 1. The summed E-state index contributed by atoms with van der Waals surface area (Å²) in [4.78, 5) is 11.7. The minimum absolute atomic E-state index is 0.307. The lowest BCUT2D eigenvalue weighted by Gasteiger charge is -2.07. The van der Waals surface area contributed by atoms with Crippen LogP contribution in [-0.2, 0) is 14.2 Å². The minimum atomic E-state index is -0.415. The first-order valence-electron chi connectivity index (χ1n) is 5.94. The predicted octanol–water partition coefficient (Wildman–Crippen LogP) is 2.24. The number of methoxy groups -OCH3 is 1. The molecular weight excluding hydrogens is 314 g/mol. The summed E-state index contributed by atoms with van der Waals surface area (Å²) in [5.74, 6) is -0.415. The number of carbonyl (C=O) groups excluding carboxylic acids is 1. The van der Waals surface area contributed by atoms with E-state index < -0.39 is 5.97 Å². The lowest BCUT2D eigenvalue weighted by molar-refractivity contribution is 0.0386. The first-order valence-corrected chi connectivity index (χ1v) is 6.73. The number of rotatable bonds is 8. The van der Waals surface area contributed by atoms with Gasteiger partial charge in [-0.2, -0.15) is 0 Å². The van der Waals surface area contributed by atoms with Crippen molar-refractivity contribution in [2.45, 2.75) is 6.42 Å². The number of hydrogen-bond donors (Lipinski definition) is 1. The van der Waals surface area contributed by atoms with Gasteiger partial charge in [0.25, 0.3) is 0 Å². The average Bonchev–Trinajstić information content (AvgIpc) is 2.37. The molecule has 1 aromatic carbocycles. The van der Waals surface area contributed by atoms with Crippen LogP contribution in [0.1, 0.15) is 16.8 Å². The Bertz CT molecular complexity index is 412. The Kier molecular flexibility index (Phi) is 7.47. The van der Waals surface area contributed by atoms with Gasteiger partial charge in [-0.05, 0) is 18.2 Å². The molecule has 1 rings (SSSR count). The molecular formula is C13H18BrNO4. The number of esters is 1. The highest BCUT2D eigenvalue weighted by Crippen LogP contribution is 2.19. The SMILES string of the molecule is COCCOCCCOC(=O)c1ccc(Br)cc1N. The van der Waals surface area contributed by atoms with Gasteiger partial charge in [0.2, 0.25) is 0 Å². The zero-order valence-corrected chi connectivity index (χ0v) is 12.4. The van der Waals surface area contributed by atoms with Crippen LogP contribution < -0.4 is 5.73 Å². The molecule has 0 fully saturated rings. The summed E-state index contributed by atoms with van der Waals surface area (Å²) in [6.45, 7) is 1.95. The Morgan fingerprint density at radius 1 is 1.26 bits per heavy atom. The van der Waals surface area contributed by atoms with Gasteiger partial charge in [-0.1, -0.05) is 15.9 Å². The number of anilines is 1. The molecule has 0 amide bonds. The molecule has 0 saturated carbocycles. The number of halogens is 1. The Morgan fingerprint density at radius 3 is 2.74 bits per heavy atom. The summed E-state index contributed by atoms with van der Waals surface area (Å²) in [6, 6.07) is 5.06. The lowest BCUT2D eigenvalue weighted by Crippen LogP contribution is -2.11. The Hall–Kier alpha value is -1.11. The van der Waals surface area contributed by atoms with Crippen LogP contribution in [0.3, 0.4) is 0 Å². The second-order valence-electron chi connectivity index (χ2n) is 3.83. The summed E-state index contributed by atoms with van der Waals surface area (Å²) < 4.78 is 16.0. The van der Waals surface area contributed by atoms with Crippen molar-refractivity contribution in [2.75, 3.05) is 39.3 Å². The zero-order valence-electron chi connectivity index (χ0n) is 10.9. The molecule has 0 unspecified atom stereocenters. The molecule has 0 heterocycles. The molecule has 0 atom stereocenters. The van der Waals surface area contributed by atoms with Gasteiger partial charge >= 0.3 is 5.97 Å². The van der Waals surface area contributed by atoms with E-state index in [1.54, 1.807) is 25.3 Å². The third kappa shape index (κ3) is 6.04. The Labute approximate surface area is 121 Å². The molecule has 2 N–H and O–H groups in total. The third-order valence-electron chi connectivity index (χ3n) is 2.33. The van der Waals surface area contributed by atoms with Crippen molar-refractivity contribution >= 4 is 27.6 Å². The van der Waals surface area contributed by atoms with Crippen molar-refractivity contribution in [2.24, 2.45) is 0 Å². The Balaban J connectivity index is 2.24. The molecule has 19 heavy (non-hydrogen) atoms. The van der Waals surface area contributed by atoms with Crippen LogP contribution >= 0.6 is 15.9 Å². The number of hydrogen-bond acceptors (Lipinski definition) is 5. The van der Waals surface area contributed by atoms with Gasteiger partial charge in [-0.3, -0.25) is 0 Å². The van der Waals surface area contributed by atoms with Gasteiger partial charge in [-0.25, -0.2) is 4.79 Å². The topological polar surface area (TPSA) is 70.8 Å². The smallest absolute Gasteiger partial charge is 0.340 e. The fourth-order valence-corrected chi connectivity index (χ4v) is 1.75. The maximum absolute atomic E-state index is 11.7. The molecule has 0 saturated heterocycles. The van der Waals surface area contributed by atoms with Gasteiger partial charge in [-0.15, -0.1) is 0 Å². The van der Waals surface area contributed by atoms with Crippen molar-refractivity contribution in [1.29, 1.82) is 0 Å². The summed E-state index contributed by atoms with van der Waals surface area (Å²) in [6.07, 6.45) is 0.645. The molecule has 0 aliphatic heterocycles. The van der Waals surface area contributed by atoms with E-state index in [1.165, 1.54) is 0 Å². The van der Waals surface area contributed by atoms with Gasteiger partial charge < -0.3 is 19.9 Å². The lowest BCUT2D eigenvalue weighted by atomic mass is 10.2. The maximum Gasteiger partial charge on any atom is 0.340 e. The van der Waals surface area contributed by atoms with Crippen LogP contribution in [0.15, 0.2) is 22.7 Å². The highest BCUT2D eigenvalue weighted by molar-refractivity contribution is 9.10. The molecule has 0 aliphatic rings. The number of ether oxygens (including phenoxy) is 3. The quantitative estimate of drug-likeness (QED) is 0.449. The van der Waals surface area contributed by atoms with E-state index in [0.717, 1.165) is 4.47 Å². The highest BCUT2D eigenvalue weighted by Gasteiger charge is 2.10. The van der Waals surface area contributed by atoms with Gasteiger partial charge in [0, 0.05) is 30.3 Å². The molecule has 0 radical (unpaired) electrons. The molecule has 0 aromatic heterocycles. The summed E-state index contributed by atoms with van der Waals surface area (Å²) in [7, 11) is 1.62. The summed E-state index contributed by atoms with van der Waals surface area (Å²) >= 11 is 3.28. The molecule has 106 valence electrons. The van der Waals surface area contributed by atoms with E-state index in [9.17, 15) is 4.79 Å². The largest absolute Gasteiger partial charge is 0.462 e. The molecule has 0 spiro atoms. The summed E-state index contributed by atoms with van der Waals surface area (Å²) in [5, 5.41) is 0. The molecule has 0 bridgehead atoms. The standard InChI is InChI=1S/C13H18BrNO4/c1-17-7-8-18-5-2-6-19-13(16)11-4-3-10(14)9-12(11)15/h3-4,9H,2,5-8,15H2,1H3. The van der Waals surface area contributed by atoms with E-state index in [1.807, 2.05) is 0 Å². The van der Waals surface area contributed by atoms with Crippen LogP contribution in [0.2, 0.25) is 0 Å². The van der Waals surface area contributed by atoms with E-state index in [4.69, 9.17) is 19.9 Å². The van der Waals surface area contributed by atoms with Crippen molar-refractivity contribution in [3.05, 3.63) is 28.2 Å². The third-order valence-corrected chi connectivity index (χ3v) is 2.82. The highest BCUT2D eigenvalue weighted by atomic mass is 79.9. The van der Waals surface area contributed by atoms with Crippen molar-refractivity contribution in [3.63, 3.8) is 0 Å². The molecule has 1 aromatic rings. The van der Waals surface area contributed by atoms with Crippen LogP contribution in [0.25, 0.3) is 0 Å². The number of nitrogens with two attached hydrogens (primary N) is 1. The van der Waals surface area contributed by atoms with Gasteiger partial charge in [0.05, 0.1) is 25.4 Å². The van der Waals surface area contributed by atoms with E-state index in [-0.39, 0.29) is 0 Å². The molecule has 5 nitrogen and oxygen atoms in total. The van der Waals surface area contributed by atoms with E-state index in [0.29, 0.717) is 44.1 Å². The van der Waals surface area contributed by atoms with Crippen molar-refractivity contribution in [3.8, 4) is 0 Å². The van der Waals surface area contributed by atoms with Gasteiger partial charge in [0.15, 0.2) is 0 Å². The second-order valence-corrected chi connectivity index (χ2v) is 4.74. The average molecular weight is 332 g/mol. The van der Waals surface area contributed by atoms with E-state index in [2.05, 4.69) is 15.9 Å². The predicted molar refractivity (Wildman–Crippen MR) is 76.1 cm³/mol. The number of nitrogen functional groups attached to an aromatic ring is 1. The van der Waals surface area contributed by atoms with Crippen molar-refractivity contribution < 1.29 is 19.0 Å². The molecule has 6 heteroatoms. The Morgan fingerprint density at radius 2 is 2.05 bits per heavy atom. The zero-order chi connectivity index (χ0) is 14.1. The number of benzene rings is 1. The van der Waals surface area contributed by atoms with Crippen LogP contribution in [-0.4, -0.2) is 39.5 Å². The summed E-state index contributed by atoms with van der Waals surface area (Å²) in [5.41, 5.74) is 6.52. The fourth-order valence-electron chi connectivity index (χ4n) is 1.37. The first kappa shape index (κ1) is 15.9. The first-order chi connectivity index (χ1) is 9.15.